The van der Waals surface area contributed by atoms with Crippen molar-refractivity contribution in [1.82, 2.24) is 0 Å². The van der Waals surface area contributed by atoms with Gasteiger partial charge in [0.2, 0.25) is 5.91 Å². The Balaban J connectivity index is 2.43. The van der Waals surface area contributed by atoms with Gasteiger partial charge in [-0.1, -0.05) is 24.9 Å². The number of nitrogens with two attached hydrogens (primary N) is 1. The van der Waals surface area contributed by atoms with Crippen LogP contribution in [-0.4, -0.2) is 25.8 Å². The summed E-state index contributed by atoms with van der Waals surface area (Å²) in [5.41, 5.74) is 6.59. The fourth-order valence-electron chi connectivity index (χ4n) is 1.77. The first-order chi connectivity index (χ1) is 9.84. The van der Waals surface area contributed by atoms with E-state index in [1.54, 1.807) is 18.2 Å². The fourth-order valence-corrected chi connectivity index (χ4v) is 3.46. The zero-order valence-corrected chi connectivity index (χ0v) is 13.6. The molecule has 0 aliphatic rings. The van der Waals surface area contributed by atoms with Crippen molar-refractivity contribution < 1.29 is 13.2 Å². The lowest BCUT2D eigenvalue weighted by atomic mass is 10.2. The third-order valence-corrected chi connectivity index (χ3v) is 5.01. The Morgan fingerprint density at radius 1 is 1.29 bits per heavy atom. The molecule has 3 N–H and O–H groups in total. The zero-order valence-electron chi connectivity index (χ0n) is 12.1. The van der Waals surface area contributed by atoms with E-state index in [2.05, 4.69) is 5.32 Å². The lowest BCUT2D eigenvalue weighted by molar-refractivity contribution is -0.116. The van der Waals surface area contributed by atoms with Crippen LogP contribution in [0.1, 0.15) is 32.6 Å². The number of nitrogens with one attached hydrogen (secondary N) is 1. The second-order valence-electron chi connectivity index (χ2n) is 4.89. The minimum Gasteiger partial charge on any atom is -0.397 e. The highest BCUT2D eigenvalue weighted by Gasteiger charge is 2.12. The third kappa shape index (κ3) is 6.82. The molecule has 5 nitrogen and oxygen atoms in total. The molecule has 0 aliphatic carbocycles. The molecule has 1 aromatic rings. The molecule has 118 valence electrons. The summed E-state index contributed by atoms with van der Waals surface area (Å²) in [6.07, 6.45) is 1.94. The largest absolute Gasteiger partial charge is 0.397 e. The van der Waals surface area contributed by atoms with Gasteiger partial charge in [-0.3, -0.25) is 4.79 Å². The van der Waals surface area contributed by atoms with E-state index >= 15 is 0 Å². The van der Waals surface area contributed by atoms with Gasteiger partial charge in [-0.05, 0) is 31.0 Å². The highest BCUT2D eigenvalue weighted by molar-refractivity contribution is 7.91. The van der Waals surface area contributed by atoms with Crippen molar-refractivity contribution in [3.8, 4) is 0 Å². The van der Waals surface area contributed by atoms with Crippen LogP contribution >= 0.6 is 11.6 Å². The van der Waals surface area contributed by atoms with E-state index in [0.717, 1.165) is 6.42 Å². The quantitative estimate of drug-likeness (QED) is 0.716. The Labute approximate surface area is 130 Å². The van der Waals surface area contributed by atoms with Crippen molar-refractivity contribution in [2.24, 2.45) is 0 Å². The Hall–Kier alpha value is -1.27. The summed E-state index contributed by atoms with van der Waals surface area (Å²) < 4.78 is 23.3. The van der Waals surface area contributed by atoms with Gasteiger partial charge < -0.3 is 11.1 Å². The predicted molar refractivity (Wildman–Crippen MR) is 87.3 cm³/mol. The van der Waals surface area contributed by atoms with Crippen molar-refractivity contribution in [3.05, 3.63) is 23.2 Å². The number of sulfone groups is 1. The van der Waals surface area contributed by atoms with Gasteiger partial charge in [-0.2, -0.15) is 0 Å². The Kier molecular flexibility index (Phi) is 6.98. The van der Waals surface area contributed by atoms with E-state index < -0.39 is 9.84 Å². The van der Waals surface area contributed by atoms with Crippen LogP contribution in [0.2, 0.25) is 5.02 Å². The number of nitrogen functional groups attached to an aromatic ring is 1. The number of carbonyl (C=O) groups is 1. The molecule has 0 atom stereocenters. The highest BCUT2D eigenvalue weighted by Crippen LogP contribution is 2.23. The topological polar surface area (TPSA) is 89.3 Å². The first-order valence-corrected chi connectivity index (χ1v) is 9.09. The minimum atomic E-state index is -3.05. The predicted octanol–water partition coefficient (Wildman–Crippen LogP) is 2.86. The third-order valence-electron chi connectivity index (χ3n) is 2.96. The lowest BCUT2D eigenvalue weighted by Crippen LogP contribution is -2.16. The summed E-state index contributed by atoms with van der Waals surface area (Å²) in [6.45, 7) is 1.94. The highest BCUT2D eigenvalue weighted by atomic mass is 35.5. The summed E-state index contributed by atoms with van der Waals surface area (Å²) in [7, 11) is -3.05. The number of hydrogen-bond acceptors (Lipinski definition) is 4. The molecule has 1 amide bonds. The van der Waals surface area contributed by atoms with Crippen LogP contribution in [0.25, 0.3) is 0 Å². The SMILES string of the molecule is CCCCS(=O)(=O)CCCC(=O)Nc1cc(Cl)ccc1N. The van der Waals surface area contributed by atoms with Crippen LogP contribution < -0.4 is 11.1 Å². The zero-order chi connectivity index (χ0) is 15.9. The molecule has 0 heterocycles. The van der Waals surface area contributed by atoms with E-state index in [4.69, 9.17) is 17.3 Å². The van der Waals surface area contributed by atoms with Crippen LogP contribution in [-0.2, 0) is 14.6 Å². The van der Waals surface area contributed by atoms with Gasteiger partial charge in [0.1, 0.15) is 9.84 Å². The van der Waals surface area contributed by atoms with Crippen LogP contribution in [0.3, 0.4) is 0 Å². The van der Waals surface area contributed by atoms with Crippen molar-refractivity contribution in [2.75, 3.05) is 22.6 Å². The number of hydrogen-bond donors (Lipinski definition) is 2. The van der Waals surface area contributed by atoms with Gasteiger partial charge in [0.25, 0.3) is 0 Å². The van der Waals surface area contributed by atoms with Gasteiger partial charge in [0.05, 0.1) is 22.9 Å². The second-order valence-corrected chi connectivity index (χ2v) is 7.63. The van der Waals surface area contributed by atoms with E-state index in [0.29, 0.717) is 29.2 Å². The summed E-state index contributed by atoms with van der Waals surface area (Å²) >= 11 is 5.83. The molecule has 0 radical (unpaired) electrons. The normalized spacial score (nSPS) is 11.3. The number of carbonyl (C=O) groups excluding carboxylic acids is 1. The van der Waals surface area contributed by atoms with Crippen LogP contribution in [0.15, 0.2) is 18.2 Å². The fraction of sp³-hybridized carbons (Fsp3) is 0.500. The second kappa shape index (κ2) is 8.24. The summed E-state index contributed by atoms with van der Waals surface area (Å²) in [5.74, 6) is -0.0488. The minimum absolute atomic E-state index is 0.0332. The van der Waals surface area contributed by atoms with E-state index in [-0.39, 0.29) is 23.8 Å². The number of halogens is 1. The number of amides is 1. The summed E-state index contributed by atoms with van der Waals surface area (Å²) in [4.78, 5) is 11.8. The average Bonchev–Trinajstić information content (AvgIpc) is 2.40. The maximum absolute atomic E-state index is 11.8. The number of benzene rings is 1. The molecule has 0 saturated carbocycles. The molecule has 0 unspecified atom stereocenters. The first kappa shape index (κ1) is 17.8. The summed E-state index contributed by atoms with van der Waals surface area (Å²) in [5, 5.41) is 3.11. The number of anilines is 2. The first-order valence-electron chi connectivity index (χ1n) is 6.89. The van der Waals surface area contributed by atoms with E-state index in [9.17, 15) is 13.2 Å². The standard InChI is InChI=1S/C14H21ClN2O3S/c1-2-3-8-21(19,20)9-4-5-14(18)17-13-10-11(15)6-7-12(13)16/h6-7,10H,2-5,8-9,16H2,1H3,(H,17,18). The van der Waals surface area contributed by atoms with Gasteiger partial charge >= 0.3 is 0 Å². The van der Waals surface area contributed by atoms with E-state index in [1.807, 2.05) is 6.92 Å². The molecule has 7 heteroatoms. The Morgan fingerprint density at radius 2 is 1.95 bits per heavy atom. The number of rotatable bonds is 8. The van der Waals surface area contributed by atoms with Gasteiger partial charge in [0.15, 0.2) is 0 Å². The molecule has 0 aliphatic heterocycles. The maximum Gasteiger partial charge on any atom is 0.224 e. The Morgan fingerprint density at radius 3 is 2.62 bits per heavy atom. The van der Waals surface area contributed by atoms with Crippen molar-refractivity contribution >= 4 is 38.7 Å². The molecule has 0 spiro atoms. The molecular weight excluding hydrogens is 312 g/mol. The molecule has 21 heavy (non-hydrogen) atoms. The van der Waals surface area contributed by atoms with Crippen LogP contribution in [0, 0.1) is 0 Å². The van der Waals surface area contributed by atoms with Crippen molar-refractivity contribution in [3.63, 3.8) is 0 Å². The van der Waals surface area contributed by atoms with Gasteiger partial charge in [-0.15, -0.1) is 0 Å². The lowest BCUT2D eigenvalue weighted by Gasteiger charge is -2.08. The van der Waals surface area contributed by atoms with E-state index in [1.165, 1.54) is 0 Å². The average molecular weight is 333 g/mol. The smallest absolute Gasteiger partial charge is 0.224 e. The molecule has 0 fully saturated rings. The van der Waals surface area contributed by atoms with Gasteiger partial charge in [-0.25, -0.2) is 8.42 Å². The van der Waals surface area contributed by atoms with Gasteiger partial charge in [0, 0.05) is 11.4 Å². The van der Waals surface area contributed by atoms with Crippen molar-refractivity contribution in [2.45, 2.75) is 32.6 Å². The van der Waals surface area contributed by atoms with Crippen LogP contribution in [0.5, 0.6) is 0 Å². The number of unbranched alkanes of at least 4 members (excludes halogenated alkanes) is 1. The molecule has 0 bridgehead atoms. The molecule has 0 aromatic heterocycles. The molecule has 1 rings (SSSR count). The van der Waals surface area contributed by atoms with Crippen LogP contribution in [0.4, 0.5) is 11.4 Å². The maximum atomic E-state index is 11.8. The monoisotopic (exact) mass is 332 g/mol. The van der Waals surface area contributed by atoms with Crippen molar-refractivity contribution in [1.29, 1.82) is 0 Å². The molecule has 1 aromatic carbocycles. The molecular formula is C14H21ClN2O3S. The summed E-state index contributed by atoms with van der Waals surface area (Å²) in [6, 6.07) is 4.80. The molecule has 0 saturated heterocycles. The Bertz CT molecular complexity index is 588.